The second-order valence-corrected chi connectivity index (χ2v) is 8.43. The van der Waals surface area contributed by atoms with Crippen LogP contribution < -0.4 is 5.32 Å². The largest absolute Gasteiger partial charge is 0.347 e. The summed E-state index contributed by atoms with van der Waals surface area (Å²) in [5.41, 5.74) is 0.716. The molecule has 0 unspecified atom stereocenters. The van der Waals surface area contributed by atoms with Crippen molar-refractivity contribution in [2.45, 2.75) is 25.3 Å². The second kappa shape index (κ2) is 9.17. The number of carbonyl (C=O) groups is 3. The summed E-state index contributed by atoms with van der Waals surface area (Å²) in [5.74, 6) is 0.591. The summed E-state index contributed by atoms with van der Waals surface area (Å²) >= 11 is 13.4. The first-order valence-electron chi connectivity index (χ1n) is 8.82. The topological polar surface area (TPSA) is 69.7 Å². The fourth-order valence-electron chi connectivity index (χ4n) is 3.21. The van der Waals surface area contributed by atoms with Crippen LogP contribution in [0.25, 0.3) is 0 Å². The highest BCUT2D eigenvalue weighted by molar-refractivity contribution is 7.99. The number of nitrogens with zero attached hydrogens (tertiary/aromatic N) is 2. The number of likely N-dealkylation sites (tertiary alicyclic amines) is 1. The monoisotopic (exact) mass is 429 g/mol. The first-order chi connectivity index (χ1) is 13.0. The van der Waals surface area contributed by atoms with Crippen molar-refractivity contribution in [2.75, 3.05) is 31.3 Å². The van der Waals surface area contributed by atoms with Crippen molar-refractivity contribution in [3.05, 3.63) is 33.8 Å². The SMILES string of the molecule is O=C(Cc1ccc(Cl)c(Cl)c1)NCC(=O)N1CSC[C@H]1C(=O)N1CCCC1. The minimum absolute atomic E-state index is 0.0213. The molecule has 0 saturated carbocycles. The average Bonchev–Trinajstić information content (AvgIpc) is 3.34. The molecule has 0 aromatic heterocycles. The van der Waals surface area contributed by atoms with E-state index in [9.17, 15) is 14.4 Å². The van der Waals surface area contributed by atoms with E-state index in [-0.39, 0.29) is 30.7 Å². The Morgan fingerprint density at radius 1 is 1.15 bits per heavy atom. The van der Waals surface area contributed by atoms with E-state index >= 15 is 0 Å². The minimum Gasteiger partial charge on any atom is -0.347 e. The highest BCUT2D eigenvalue weighted by Gasteiger charge is 2.37. The van der Waals surface area contributed by atoms with Crippen molar-refractivity contribution in [2.24, 2.45) is 0 Å². The third kappa shape index (κ3) is 5.09. The number of nitrogens with one attached hydrogen (secondary N) is 1. The predicted molar refractivity (Wildman–Crippen MR) is 107 cm³/mol. The highest BCUT2D eigenvalue weighted by atomic mass is 35.5. The van der Waals surface area contributed by atoms with Gasteiger partial charge >= 0.3 is 0 Å². The Kier molecular flexibility index (Phi) is 6.89. The van der Waals surface area contributed by atoms with Crippen molar-refractivity contribution in [1.29, 1.82) is 0 Å². The van der Waals surface area contributed by atoms with Gasteiger partial charge in [0.05, 0.1) is 28.9 Å². The molecule has 2 saturated heterocycles. The number of benzene rings is 1. The minimum atomic E-state index is -0.424. The summed E-state index contributed by atoms with van der Waals surface area (Å²) in [6, 6.07) is 4.56. The number of hydrogen-bond acceptors (Lipinski definition) is 4. The Hall–Kier alpha value is -1.44. The molecule has 0 aliphatic carbocycles. The summed E-state index contributed by atoms with van der Waals surface area (Å²) in [7, 11) is 0. The number of hydrogen-bond donors (Lipinski definition) is 1. The summed E-state index contributed by atoms with van der Waals surface area (Å²) in [6.07, 6.45) is 2.14. The van der Waals surface area contributed by atoms with Crippen molar-refractivity contribution in [1.82, 2.24) is 15.1 Å². The van der Waals surface area contributed by atoms with Gasteiger partial charge in [-0.15, -0.1) is 11.8 Å². The normalized spacial score (nSPS) is 19.4. The fraction of sp³-hybridized carbons (Fsp3) is 0.500. The molecule has 0 bridgehead atoms. The molecule has 6 nitrogen and oxygen atoms in total. The molecule has 3 amide bonds. The third-order valence-corrected chi connectivity index (χ3v) is 6.44. The van der Waals surface area contributed by atoms with Gasteiger partial charge in [0.25, 0.3) is 0 Å². The van der Waals surface area contributed by atoms with E-state index in [4.69, 9.17) is 23.2 Å². The molecule has 0 radical (unpaired) electrons. The van der Waals surface area contributed by atoms with Crippen LogP contribution in [0, 0.1) is 0 Å². The van der Waals surface area contributed by atoms with Gasteiger partial charge in [-0.25, -0.2) is 0 Å². The molecule has 1 aromatic rings. The molecule has 0 spiro atoms. The number of amides is 3. The molecule has 1 atom stereocenters. The molecule has 1 N–H and O–H groups in total. The van der Waals surface area contributed by atoms with Gasteiger partial charge in [-0.05, 0) is 30.5 Å². The van der Waals surface area contributed by atoms with Gasteiger partial charge in [0.2, 0.25) is 17.7 Å². The van der Waals surface area contributed by atoms with Crippen LogP contribution in [0.1, 0.15) is 18.4 Å². The summed E-state index contributed by atoms with van der Waals surface area (Å²) in [4.78, 5) is 40.6. The Morgan fingerprint density at radius 3 is 2.59 bits per heavy atom. The van der Waals surface area contributed by atoms with E-state index in [1.165, 1.54) is 0 Å². The fourth-order valence-corrected chi connectivity index (χ4v) is 4.71. The van der Waals surface area contributed by atoms with Gasteiger partial charge in [-0.1, -0.05) is 29.3 Å². The Morgan fingerprint density at radius 2 is 1.89 bits per heavy atom. The Labute approximate surface area is 172 Å². The van der Waals surface area contributed by atoms with E-state index in [1.807, 2.05) is 4.90 Å². The Balaban J connectivity index is 1.50. The van der Waals surface area contributed by atoms with Gasteiger partial charge in [-0.2, -0.15) is 0 Å². The highest BCUT2D eigenvalue weighted by Crippen LogP contribution is 2.24. The summed E-state index contributed by atoms with van der Waals surface area (Å²) in [5, 5.41) is 3.44. The zero-order chi connectivity index (χ0) is 19.4. The zero-order valence-electron chi connectivity index (χ0n) is 14.7. The van der Waals surface area contributed by atoms with E-state index in [0.717, 1.165) is 25.9 Å². The molecule has 1 aromatic carbocycles. The molecule has 146 valence electrons. The zero-order valence-corrected chi connectivity index (χ0v) is 17.1. The van der Waals surface area contributed by atoms with Crippen LogP contribution in [-0.4, -0.2) is 64.8 Å². The number of thioether (sulfide) groups is 1. The van der Waals surface area contributed by atoms with E-state index in [2.05, 4.69) is 5.32 Å². The molecule has 3 rings (SSSR count). The number of halogens is 2. The predicted octanol–water partition coefficient (Wildman–Crippen LogP) is 2.18. The maximum absolute atomic E-state index is 12.6. The first kappa shape index (κ1) is 20.3. The van der Waals surface area contributed by atoms with E-state index < -0.39 is 6.04 Å². The molecule has 2 heterocycles. The average molecular weight is 430 g/mol. The van der Waals surface area contributed by atoms with Crippen molar-refractivity contribution < 1.29 is 14.4 Å². The molecule has 9 heteroatoms. The third-order valence-electron chi connectivity index (χ3n) is 4.69. The van der Waals surface area contributed by atoms with Crippen LogP contribution in [0.15, 0.2) is 18.2 Å². The lowest BCUT2D eigenvalue weighted by molar-refractivity contribution is -0.142. The van der Waals surface area contributed by atoms with Crippen LogP contribution >= 0.6 is 35.0 Å². The summed E-state index contributed by atoms with van der Waals surface area (Å²) in [6.45, 7) is 1.41. The molecule has 2 aliphatic heterocycles. The smallest absolute Gasteiger partial charge is 0.246 e. The second-order valence-electron chi connectivity index (χ2n) is 6.61. The van der Waals surface area contributed by atoms with E-state index in [1.54, 1.807) is 34.9 Å². The van der Waals surface area contributed by atoms with Crippen molar-refractivity contribution >= 4 is 52.7 Å². The lowest BCUT2D eigenvalue weighted by Gasteiger charge is -2.27. The lowest BCUT2D eigenvalue weighted by atomic mass is 10.1. The molecule has 2 fully saturated rings. The van der Waals surface area contributed by atoms with Gasteiger partial charge in [0, 0.05) is 18.8 Å². The molecule has 27 heavy (non-hydrogen) atoms. The van der Waals surface area contributed by atoms with Gasteiger partial charge < -0.3 is 15.1 Å². The number of carbonyl (C=O) groups excluding carboxylic acids is 3. The lowest BCUT2D eigenvalue weighted by Crippen LogP contribution is -2.50. The Bertz CT molecular complexity index is 741. The van der Waals surface area contributed by atoms with Crippen molar-refractivity contribution in [3.63, 3.8) is 0 Å². The molecular formula is C18H21Cl2N3O3S. The van der Waals surface area contributed by atoms with Gasteiger partial charge in [0.1, 0.15) is 6.04 Å². The van der Waals surface area contributed by atoms with Crippen LogP contribution in [-0.2, 0) is 20.8 Å². The van der Waals surface area contributed by atoms with E-state index in [0.29, 0.717) is 27.2 Å². The number of rotatable bonds is 5. The first-order valence-corrected chi connectivity index (χ1v) is 10.7. The van der Waals surface area contributed by atoms with Crippen LogP contribution in [0.3, 0.4) is 0 Å². The quantitative estimate of drug-likeness (QED) is 0.778. The molecule has 2 aliphatic rings. The van der Waals surface area contributed by atoms with Crippen LogP contribution in [0.5, 0.6) is 0 Å². The molecular weight excluding hydrogens is 409 g/mol. The van der Waals surface area contributed by atoms with Gasteiger partial charge in [-0.3, -0.25) is 14.4 Å². The standard InChI is InChI=1S/C18H21Cl2N3O3S/c19-13-4-3-12(7-14(13)20)8-16(24)21-9-17(25)23-11-27-10-15(23)18(26)22-5-1-2-6-22/h3-4,7,15H,1-2,5-6,8-11H2,(H,21,24)/t15-/m0/s1. The van der Waals surface area contributed by atoms with Crippen molar-refractivity contribution in [3.8, 4) is 0 Å². The van der Waals surface area contributed by atoms with Gasteiger partial charge in [0.15, 0.2) is 0 Å². The summed E-state index contributed by atoms with van der Waals surface area (Å²) < 4.78 is 0. The van der Waals surface area contributed by atoms with Crippen LogP contribution in [0.2, 0.25) is 10.0 Å². The van der Waals surface area contributed by atoms with Crippen LogP contribution in [0.4, 0.5) is 0 Å². The maximum Gasteiger partial charge on any atom is 0.246 e. The maximum atomic E-state index is 12.6.